The molecule has 0 saturated carbocycles. The van der Waals surface area contributed by atoms with E-state index in [0.29, 0.717) is 0 Å². The van der Waals surface area contributed by atoms with Crippen LogP contribution in [-0.4, -0.2) is 30.3 Å². The summed E-state index contributed by atoms with van der Waals surface area (Å²) in [6.07, 6.45) is -5.21. The number of amides is 1. The number of carbonyl (C=O) groups excluding carboxylic acids is 2. The standard InChI is InChI=1S/C18H16ClF3N2O3/c1-2-27-16(26)17(18(20,21)22,23-14-9-4-3-5-10-14)24-15(25)12-7-6-8-13(19)11-12/h3-11,23H,2H2,1H3,(H,24,25)/t17-/m1/s1. The van der Waals surface area contributed by atoms with Crippen LogP contribution in [0.25, 0.3) is 0 Å². The van der Waals surface area contributed by atoms with Crippen LogP contribution < -0.4 is 10.6 Å². The van der Waals surface area contributed by atoms with Gasteiger partial charge in [0.25, 0.3) is 5.91 Å². The lowest BCUT2D eigenvalue weighted by molar-refractivity contribution is -0.204. The fraction of sp³-hybridized carbons (Fsp3) is 0.222. The molecule has 0 spiro atoms. The Morgan fingerprint density at radius 3 is 2.30 bits per heavy atom. The number of hydrogen-bond acceptors (Lipinski definition) is 4. The van der Waals surface area contributed by atoms with E-state index in [1.54, 1.807) is 11.4 Å². The molecule has 0 radical (unpaired) electrons. The first kappa shape index (κ1) is 20.6. The smallest absolute Gasteiger partial charge is 0.441 e. The summed E-state index contributed by atoms with van der Waals surface area (Å²) < 4.78 is 46.6. The second kappa shape index (κ2) is 8.30. The lowest BCUT2D eigenvalue weighted by Gasteiger charge is -2.35. The summed E-state index contributed by atoms with van der Waals surface area (Å²) >= 11 is 5.78. The van der Waals surface area contributed by atoms with Gasteiger partial charge in [-0.2, -0.15) is 13.2 Å². The minimum absolute atomic E-state index is 0.0331. The van der Waals surface area contributed by atoms with Crippen molar-refractivity contribution in [3.8, 4) is 0 Å². The molecule has 9 heteroatoms. The second-order valence-electron chi connectivity index (χ2n) is 5.42. The van der Waals surface area contributed by atoms with Crippen molar-refractivity contribution in [1.82, 2.24) is 5.32 Å². The van der Waals surface area contributed by atoms with Crippen molar-refractivity contribution >= 4 is 29.2 Å². The van der Waals surface area contributed by atoms with Crippen molar-refractivity contribution in [2.24, 2.45) is 0 Å². The van der Waals surface area contributed by atoms with Crippen LogP contribution in [0, 0.1) is 0 Å². The van der Waals surface area contributed by atoms with E-state index in [0.717, 1.165) is 0 Å². The van der Waals surface area contributed by atoms with E-state index in [9.17, 15) is 22.8 Å². The zero-order valence-corrected chi connectivity index (χ0v) is 14.9. The number of alkyl halides is 3. The van der Waals surface area contributed by atoms with Gasteiger partial charge in [0.2, 0.25) is 0 Å². The van der Waals surface area contributed by atoms with E-state index in [2.05, 4.69) is 10.1 Å². The van der Waals surface area contributed by atoms with Gasteiger partial charge >= 0.3 is 17.8 Å². The first-order valence-electron chi connectivity index (χ1n) is 7.85. The largest absolute Gasteiger partial charge is 0.463 e. The zero-order chi connectivity index (χ0) is 20.1. The predicted octanol–water partition coefficient (Wildman–Crippen LogP) is 4.00. The highest BCUT2D eigenvalue weighted by Crippen LogP contribution is 2.33. The van der Waals surface area contributed by atoms with Gasteiger partial charge < -0.3 is 15.4 Å². The van der Waals surface area contributed by atoms with Crippen LogP contribution >= 0.6 is 11.6 Å². The number of anilines is 1. The van der Waals surface area contributed by atoms with E-state index in [4.69, 9.17) is 11.6 Å². The molecule has 0 heterocycles. The SMILES string of the molecule is CCOC(=O)[C@](NC(=O)c1cccc(Cl)c1)(Nc1ccccc1)C(F)(F)F. The van der Waals surface area contributed by atoms with E-state index < -0.39 is 23.7 Å². The Hall–Kier alpha value is -2.74. The quantitative estimate of drug-likeness (QED) is 0.568. The second-order valence-corrected chi connectivity index (χ2v) is 5.86. The Morgan fingerprint density at radius 2 is 1.74 bits per heavy atom. The van der Waals surface area contributed by atoms with Crippen molar-refractivity contribution in [3.05, 3.63) is 65.2 Å². The number of ether oxygens (including phenoxy) is 1. The molecule has 0 aliphatic rings. The van der Waals surface area contributed by atoms with Crippen LogP contribution in [-0.2, 0) is 9.53 Å². The van der Waals surface area contributed by atoms with E-state index in [-0.39, 0.29) is 22.9 Å². The molecule has 144 valence electrons. The summed E-state index contributed by atoms with van der Waals surface area (Å²) in [6.45, 7) is 1.06. The van der Waals surface area contributed by atoms with Gasteiger partial charge in [-0.15, -0.1) is 0 Å². The van der Waals surface area contributed by atoms with Crippen LogP contribution in [0.1, 0.15) is 17.3 Å². The molecule has 2 N–H and O–H groups in total. The van der Waals surface area contributed by atoms with Gasteiger partial charge in [-0.1, -0.05) is 35.9 Å². The summed E-state index contributed by atoms with van der Waals surface area (Å²) in [5.74, 6) is -2.83. The van der Waals surface area contributed by atoms with Crippen LogP contribution in [0.4, 0.5) is 18.9 Å². The maximum Gasteiger partial charge on any atom is 0.441 e. The van der Waals surface area contributed by atoms with Crippen molar-refractivity contribution in [1.29, 1.82) is 0 Å². The minimum Gasteiger partial charge on any atom is -0.463 e. The maximum atomic E-state index is 14.0. The average Bonchev–Trinajstić information content (AvgIpc) is 2.61. The lowest BCUT2D eigenvalue weighted by Crippen LogP contribution is -2.69. The number of hydrogen-bond donors (Lipinski definition) is 2. The highest BCUT2D eigenvalue weighted by atomic mass is 35.5. The molecule has 1 atom stereocenters. The van der Waals surface area contributed by atoms with Gasteiger partial charge in [-0.05, 0) is 37.3 Å². The third-order valence-corrected chi connectivity index (χ3v) is 3.74. The maximum absolute atomic E-state index is 14.0. The third-order valence-electron chi connectivity index (χ3n) is 3.50. The third kappa shape index (κ3) is 4.71. The van der Waals surface area contributed by atoms with Gasteiger partial charge in [0.15, 0.2) is 0 Å². The van der Waals surface area contributed by atoms with Gasteiger partial charge in [-0.3, -0.25) is 4.79 Å². The number of carbonyl (C=O) groups is 2. The van der Waals surface area contributed by atoms with Crippen LogP contribution in [0.3, 0.4) is 0 Å². The minimum atomic E-state index is -5.21. The van der Waals surface area contributed by atoms with E-state index in [1.165, 1.54) is 55.5 Å². The highest BCUT2D eigenvalue weighted by Gasteiger charge is 2.63. The molecular weight excluding hydrogens is 385 g/mol. The van der Waals surface area contributed by atoms with Crippen LogP contribution in [0.2, 0.25) is 5.02 Å². The molecule has 2 aromatic carbocycles. The fourth-order valence-corrected chi connectivity index (χ4v) is 2.43. The molecular formula is C18H16ClF3N2O3. The molecule has 0 aliphatic heterocycles. The number of halogens is 4. The Balaban J connectivity index is 2.49. The number of esters is 1. The van der Waals surface area contributed by atoms with Crippen molar-refractivity contribution in [2.75, 3.05) is 11.9 Å². The lowest BCUT2D eigenvalue weighted by atomic mass is 10.1. The number of benzene rings is 2. The van der Waals surface area contributed by atoms with Gasteiger partial charge in [0.05, 0.1) is 6.61 Å². The van der Waals surface area contributed by atoms with Gasteiger partial charge in [-0.25, -0.2) is 4.79 Å². The zero-order valence-electron chi connectivity index (χ0n) is 14.1. The summed E-state index contributed by atoms with van der Waals surface area (Å²) in [4.78, 5) is 24.7. The molecule has 0 fully saturated rings. The van der Waals surface area contributed by atoms with Crippen molar-refractivity contribution < 1.29 is 27.5 Å². The van der Waals surface area contributed by atoms with Crippen LogP contribution in [0.15, 0.2) is 54.6 Å². The van der Waals surface area contributed by atoms with Gasteiger partial charge in [0, 0.05) is 16.3 Å². The fourth-order valence-electron chi connectivity index (χ4n) is 2.24. The number of rotatable bonds is 6. The Morgan fingerprint density at radius 1 is 1.07 bits per heavy atom. The summed E-state index contributed by atoms with van der Waals surface area (Å²) in [5.41, 5.74) is -3.66. The molecule has 0 unspecified atom stereocenters. The molecule has 27 heavy (non-hydrogen) atoms. The molecule has 0 saturated heterocycles. The number of para-hydroxylation sites is 1. The molecule has 0 aromatic heterocycles. The first-order chi connectivity index (χ1) is 12.7. The summed E-state index contributed by atoms with van der Waals surface area (Å²) in [6, 6.07) is 12.5. The number of nitrogens with one attached hydrogen (secondary N) is 2. The monoisotopic (exact) mass is 400 g/mol. The summed E-state index contributed by atoms with van der Waals surface area (Å²) in [5, 5.41) is 3.97. The average molecular weight is 401 g/mol. The molecule has 2 rings (SSSR count). The molecule has 0 aliphatic carbocycles. The van der Waals surface area contributed by atoms with E-state index in [1.807, 2.05) is 0 Å². The Labute approximate surface area is 158 Å². The molecule has 0 bridgehead atoms. The van der Waals surface area contributed by atoms with Crippen molar-refractivity contribution in [3.63, 3.8) is 0 Å². The summed E-state index contributed by atoms with van der Waals surface area (Å²) in [7, 11) is 0. The molecule has 2 aromatic rings. The van der Waals surface area contributed by atoms with E-state index >= 15 is 0 Å². The predicted molar refractivity (Wildman–Crippen MR) is 94.4 cm³/mol. The molecule has 5 nitrogen and oxygen atoms in total. The normalized spacial score (nSPS) is 13.4. The highest BCUT2D eigenvalue weighted by molar-refractivity contribution is 6.31. The van der Waals surface area contributed by atoms with Gasteiger partial charge in [0.1, 0.15) is 0 Å². The topological polar surface area (TPSA) is 67.4 Å². The Bertz CT molecular complexity index is 815. The molecule has 1 amide bonds. The van der Waals surface area contributed by atoms with Crippen LogP contribution in [0.5, 0.6) is 0 Å². The van der Waals surface area contributed by atoms with Crippen molar-refractivity contribution in [2.45, 2.75) is 18.8 Å². The Kier molecular flexibility index (Phi) is 6.32. The first-order valence-corrected chi connectivity index (χ1v) is 8.22.